The van der Waals surface area contributed by atoms with Gasteiger partial charge < -0.3 is 9.72 Å². The SMILES string of the molecule is CC(C)(C)CN1CCOC[C@H]1c1ncc(C(C)(C)C)[nH]1. The van der Waals surface area contributed by atoms with Crippen molar-refractivity contribution in [2.45, 2.75) is 53.0 Å². The number of hydrogen-bond acceptors (Lipinski definition) is 3. The topological polar surface area (TPSA) is 41.1 Å². The molecular weight excluding hydrogens is 250 g/mol. The zero-order valence-corrected chi connectivity index (χ0v) is 13.8. The summed E-state index contributed by atoms with van der Waals surface area (Å²) in [5, 5.41) is 0. The molecular formula is C16H29N3O. The lowest BCUT2D eigenvalue weighted by Crippen LogP contribution is -2.44. The van der Waals surface area contributed by atoms with Crippen molar-refractivity contribution in [1.29, 1.82) is 0 Å². The summed E-state index contributed by atoms with van der Waals surface area (Å²) < 4.78 is 5.67. The molecule has 0 aromatic carbocycles. The van der Waals surface area contributed by atoms with Crippen molar-refractivity contribution >= 4 is 0 Å². The maximum absolute atomic E-state index is 5.67. The van der Waals surface area contributed by atoms with Crippen molar-refractivity contribution in [3.05, 3.63) is 17.7 Å². The number of aromatic amines is 1. The molecule has 4 nitrogen and oxygen atoms in total. The molecule has 114 valence electrons. The van der Waals surface area contributed by atoms with E-state index in [-0.39, 0.29) is 16.9 Å². The van der Waals surface area contributed by atoms with Gasteiger partial charge in [-0.05, 0) is 5.41 Å². The molecule has 1 aromatic heterocycles. The highest BCUT2D eigenvalue weighted by Gasteiger charge is 2.30. The van der Waals surface area contributed by atoms with E-state index in [0.717, 1.165) is 32.1 Å². The molecule has 1 aromatic rings. The number of rotatable bonds is 2. The first-order valence-corrected chi connectivity index (χ1v) is 7.54. The number of morpholine rings is 1. The average molecular weight is 279 g/mol. The lowest BCUT2D eigenvalue weighted by molar-refractivity contribution is -0.0247. The Bertz CT molecular complexity index is 439. The van der Waals surface area contributed by atoms with Crippen molar-refractivity contribution < 1.29 is 4.74 Å². The lowest BCUT2D eigenvalue weighted by Gasteiger charge is -2.38. The quantitative estimate of drug-likeness (QED) is 0.904. The van der Waals surface area contributed by atoms with Crippen molar-refractivity contribution in [3.8, 4) is 0 Å². The number of aromatic nitrogens is 2. The summed E-state index contributed by atoms with van der Waals surface area (Å²) in [6, 6.07) is 0.249. The molecule has 4 heteroatoms. The normalized spacial score (nSPS) is 22.2. The highest BCUT2D eigenvalue weighted by molar-refractivity contribution is 5.13. The van der Waals surface area contributed by atoms with Crippen LogP contribution in [-0.4, -0.2) is 41.2 Å². The number of H-pyrrole nitrogens is 1. The summed E-state index contributed by atoms with van der Waals surface area (Å²) >= 11 is 0. The maximum atomic E-state index is 5.67. The van der Waals surface area contributed by atoms with E-state index in [1.54, 1.807) is 0 Å². The molecule has 1 fully saturated rings. The van der Waals surface area contributed by atoms with Crippen LogP contribution in [0.2, 0.25) is 0 Å². The number of nitrogens with one attached hydrogen (secondary N) is 1. The highest BCUT2D eigenvalue weighted by atomic mass is 16.5. The monoisotopic (exact) mass is 279 g/mol. The van der Waals surface area contributed by atoms with Gasteiger partial charge in [-0.1, -0.05) is 41.5 Å². The molecule has 2 heterocycles. The van der Waals surface area contributed by atoms with Crippen LogP contribution in [0.1, 0.15) is 59.1 Å². The minimum Gasteiger partial charge on any atom is -0.378 e. The molecule has 1 aliphatic heterocycles. The van der Waals surface area contributed by atoms with E-state index in [9.17, 15) is 0 Å². The van der Waals surface area contributed by atoms with Crippen LogP contribution in [-0.2, 0) is 10.2 Å². The summed E-state index contributed by atoms with van der Waals surface area (Å²) in [5.41, 5.74) is 1.58. The Hall–Kier alpha value is -0.870. The van der Waals surface area contributed by atoms with Gasteiger partial charge in [0.1, 0.15) is 5.82 Å². The van der Waals surface area contributed by atoms with Gasteiger partial charge in [-0.3, -0.25) is 4.90 Å². The Morgan fingerprint density at radius 2 is 2.00 bits per heavy atom. The van der Waals surface area contributed by atoms with Crippen LogP contribution in [0, 0.1) is 5.41 Å². The van der Waals surface area contributed by atoms with E-state index in [0.29, 0.717) is 0 Å². The van der Waals surface area contributed by atoms with Crippen LogP contribution < -0.4 is 0 Å². The molecule has 1 atom stereocenters. The summed E-state index contributed by atoms with van der Waals surface area (Å²) in [4.78, 5) is 10.6. The van der Waals surface area contributed by atoms with Crippen molar-refractivity contribution in [2.75, 3.05) is 26.3 Å². The van der Waals surface area contributed by atoms with Gasteiger partial charge in [0.2, 0.25) is 0 Å². The molecule has 0 bridgehead atoms. The Labute approximate surface area is 122 Å². The fourth-order valence-electron chi connectivity index (χ4n) is 2.58. The first-order chi connectivity index (χ1) is 9.17. The Balaban J connectivity index is 2.17. The summed E-state index contributed by atoms with van der Waals surface area (Å²) in [7, 11) is 0. The summed E-state index contributed by atoms with van der Waals surface area (Å²) in [5.74, 6) is 1.04. The zero-order chi connectivity index (χ0) is 15.0. The minimum atomic E-state index is 0.107. The van der Waals surface area contributed by atoms with Gasteiger partial charge in [-0.15, -0.1) is 0 Å². The van der Waals surface area contributed by atoms with E-state index in [1.165, 1.54) is 5.69 Å². The lowest BCUT2D eigenvalue weighted by atomic mass is 9.93. The molecule has 1 saturated heterocycles. The average Bonchev–Trinajstić information content (AvgIpc) is 2.76. The molecule has 1 N–H and O–H groups in total. The number of hydrogen-bond donors (Lipinski definition) is 1. The van der Waals surface area contributed by atoms with Crippen molar-refractivity contribution in [1.82, 2.24) is 14.9 Å². The molecule has 0 aliphatic carbocycles. The number of ether oxygens (including phenoxy) is 1. The van der Waals surface area contributed by atoms with Crippen molar-refractivity contribution in [3.63, 3.8) is 0 Å². The van der Waals surface area contributed by atoms with E-state index in [2.05, 4.69) is 56.4 Å². The van der Waals surface area contributed by atoms with Crippen LogP contribution in [0.25, 0.3) is 0 Å². The van der Waals surface area contributed by atoms with Gasteiger partial charge in [0, 0.05) is 30.4 Å². The molecule has 0 unspecified atom stereocenters. The third-order valence-electron chi connectivity index (χ3n) is 3.64. The molecule has 2 rings (SSSR count). The van der Waals surface area contributed by atoms with E-state index < -0.39 is 0 Å². The molecule has 0 spiro atoms. The van der Waals surface area contributed by atoms with E-state index >= 15 is 0 Å². The van der Waals surface area contributed by atoms with Crippen LogP contribution in [0.15, 0.2) is 6.20 Å². The van der Waals surface area contributed by atoms with Crippen molar-refractivity contribution in [2.24, 2.45) is 5.41 Å². The third-order valence-corrected chi connectivity index (χ3v) is 3.64. The minimum absolute atomic E-state index is 0.107. The first kappa shape index (κ1) is 15.5. The van der Waals surface area contributed by atoms with E-state index in [1.807, 2.05) is 6.20 Å². The standard InChI is InChI=1S/C16H29N3O/c1-15(2,3)11-19-7-8-20-10-12(19)14-17-9-13(18-14)16(4,5)6/h9,12H,7-8,10-11H2,1-6H3,(H,17,18)/t12-/m0/s1. The van der Waals surface area contributed by atoms with Gasteiger partial charge >= 0.3 is 0 Å². The predicted octanol–water partition coefficient (Wildman–Crippen LogP) is 3.13. The Morgan fingerprint density at radius 3 is 2.55 bits per heavy atom. The smallest absolute Gasteiger partial charge is 0.126 e. The molecule has 1 aliphatic rings. The maximum Gasteiger partial charge on any atom is 0.126 e. The van der Waals surface area contributed by atoms with Gasteiger partial charge in [0.05, 0.1) is 19.3 Å². The molecule has 0 saturated carbocycles. The second-order valence-corrected chi connectivity index (χ2v) is 8.05. The van der Waals surface area contributed by atoms with Gasteiger partial charge in [0.25, 0.3) is 0 Å². The number of imidazole rings is 1. The highest BCUT2D eigenvalue weighted by Crippen LogP contribution is 2.28. The molecule has 20 heavy (non-hydrogen) atoms. The second kappa shape index (κ2) is 5.49. The van der Waals surface area contributed by atoms with Gasteiger partial charge in [0.15, 0.2) is 0 Å². The van der Waals surface area contributed by atoms with Crippen LogP contribution in [0.4, 0.5) is 0 Å². The predicted molar refractivity (Wildman–Crippen MR) is 81.9 cm³/mol. The molecule has 0 radical (unpaired) electrons. The zero-order valence-electron chi connectivity index (χ0n) is 13.8. The van der Waals surface area contributed by atoms with Crippen LogP contribution in [0.5, 0.6) is 0 Å². The van der Waals surface area contributed by atoms with E-state index in [4.69, 9.17) is 4.74 Å². The first-order valence-electron chi connectivity index (χ1n) is 7.54. The fourth-order valence-corrected chi connectivity index (χ4v) is 2.58. The van der Waals surface area contributed by atoms with Crippen LogP contribution >= 0.6 is 0 Å². The fraction of sp³-hybridized carbons (Fsp3) is 0.812. The van der Waals surface area contributed by atoms with Crippen LogP contribution in [0.3, 0.4) is 0 Å². The summed E-state index contributed by atoms with van der Waals surface area (Å²) in [6.07, 6.45) is 1.97. The third kappa shape index (κ3) is 3.83. The van der Waals surface area contributed by atoms with Gasteiger partial charge in [-0.2, -0.15) is 0 Å². The Morgan fingerprint density at radius 1 is 1.30 bits per heavy atom. The van der Waals surface area contributed by atoms with Gasteiger partial charge in [-0.25, -0.2) is 4.98 Å². The number of nitrogens with zero attached hydrogens (tertiary/aromatic N) is 2. The second-order valence-electron chi connectivity index (χ2n) is 8.05. The summed E-state index contributed by atoms with van der Waals surface area (Å²) in [6.45, 7) is 17.0. The Kier molecular flexibility index (Phi) is 4.26. The molecule has 0 amide bonds. The largest absolute Gasteiger partial charge is 0.378 e.